The average molecular weight is 384 g/mol. The second-order valence-electron chi connectivity index (χ2n) is 7.09. The van der Waals surface area contributed by atoms with E-state index in [1.54, 1.807) is 6.92 Å². The van der Waals surface area contributed by atoms with E-state index in [0.717, 1.165) is 32.1 Å². The third-order valence-corrected chi connectivity index (χ3v) is 6.29. The molecule has 0 heterocycles. The molecule has 10 heteroatoms. The average Bonchev–Trinajstić information content (AvgIpc) is 2.50. The quantitative estimate of drug-likeness (QED) is 0.572. The van der Waals surface area contributed by atoms with Crippen molar-refractivity contribution in [3.05, 3.63) is 0 Å². The molecule has 2 rings (SSSR count). The van der Waals surface area contributed by atoms with Crippen molar-refractivity contribution in [1.29, 1.82) is 0 Å². The van der Waals surface area contributed by atoms with Crippen LogP contribution in [0.1, 0.15) is 46.0 Å². The molecule has 2 bridgehead atoms. The summed E-state index contributed by atoms with van der Waals surface area (Å²) >= 11 is 0. The number of esters is 2. The maximum absolute atomic E-state index is 13.1. The Hall–Kier alpha value is -1.29. The molecule has 2 fully saturated rings. The van der Waals surface area contributed by atoms with Crippen LogP contribution in [-0.2, 0) is 29.2 Å². The molecule has 0 saturated heterocycles. The molecular formula is C15H22F2O7S. The first-order valence-corrected chi connectivity index (χ1v) is 9.56. The summed E-state index contributed by atoms with van der Waals surface area (Å²) in [6.07, 6.45) is 4.89. The predicted molar refractivity (Wildman–Crippen MR) is 81.2 cm³/mol. The fourth-order valence-corrected chi connectivity index (χ4v) is 4.20. The molecule has 25 heavy (non-hydrogen) atoms. The van der Waals surface area contributed by atoms with E-state index in [1.165, 1.54) is 0 Å². The van der Waals surface area contributed by atoms with Crippen LogP contribution in [-0.4, -0.2) is 42.4 Å². The number of carbonyl (C=O) groups is 2. The number of hydrogen-bond donors (Lipinski definition) is 1. The molecular weight excluding hydrogens is 362 g/mol. The lowest BCUT2D eigenvalue weighted by Crippen LogP contribution is -2.52. The van der Waals surface area contributed by atoms with Gasteiger partial charge in [0.05, 0.1) is 0 Å². The highest BCUT2D eigenvalue weighted by Crippen LogP contribution is 2.50. The minimum Gasteiger partial charge on any atom is -0.456 e. The lowest BCUT2D eigenvalue weighted by Gasteiger charge is -2.50. The van der Waals surface area contributed by atoms with Crippen molar-refractivity contribution < 1.29 is 40.8 Å². The van der Waals surface area contributed by atoms with Crippen LogP contribution in [0, 0.1) is 17.8 Å². The van der Waals surface area contributed by atoms with Gasteiger partial charge in [-0.1, -0.05) is 19.8 Å². The Morgan fingerprint density at radius 3 is 2.52 bits per heavy atom. The van der Waals surface area contributed by atoms with Crippen LogP contribution < -0.4 is 0 Å². The summed E-state index contributed by atoms with van der Waals surface area (Å²) in [5, 5.41) is -5.13. The van der Waals surface area contributed by atoms with E-state index in [0.29, 0.717) is 5.92 Å². The van der Waals surface area contributed by atoms with Gasteiger partial charge in [-0.2, -0.15) is 17.2 Å². The third kappa shape index (κ3) is 3.94. The Labute approximate surface area is 144 Å². The molecule has 0 aromatic heterocycles. The van der Waals surface area contributed by atoms with Gasteiger partial charge in [0, 0.05) is 0 Å². The summed E-state index contributed by atoms with van der Waals surface area (Å²) in [5.41, 5.74) is -0.786. The highest BCUT2D eigenvalue weighted by Gasteiger charge is 2.54. The molecule has 144 valence electrons. The van der Waals surface area contributed by atoms with E-state index in [9.17, 15) is 26.8 Å². The Balaban J connectivity index is 1.97. The summed E-state index contributed by atoms with van der Waals surface area (Å²) in [5.74, 6) is -2.75. The SMILES string of the molecule is CC1CC2CCCC(C2)C1(C)OC(=O)COC(=O)C(F)(F)S(=O)(=O)O. The zero-order chi connectivity index (χ0) is 19.0. The van der Waals surface area contributed by atoms with E-state index in [-0.39, 0.29) is 11.8 Å². The molecule has 2 aliphatic rings. The van der Waals surface area contributed by atoms with Crippen LogP contribution in [0.4, 0.5) is 8.78 Å². The van der Waals surface area contributed by atoms with Gasteiger partial charge in [0.25, 0.3) is 0 Å². The Morgan fingerprint density at radius 2 is 1.92 bits per heavy atom. The van der Waals surface area contributed by atoms with Gasteiger partial charge in [-0.15, -0.1) is 0 Å². The van der Waals surface area contributed by atoms with Gasteiger partial charge in [-0.3, -0.25) is 4.55 Å². The van der Waals surface area contributed by atoms with Crippen molar-refractivity contribution in [2.24, 2.45) is 17.8 Å². The monoisotopic (exact) mass is 384 g/mol. The first-order chi connectivity index (χ1) is 11.4. The maximum Gasteiger partial charge on any atom is 0.465 e. The largest absolute Gasteiger partial charge is 0.465 e. The molecule has 2 saturated carbocycles. The number of halogens is 2. The predicted octanol–water partition coefficient (Wildman–Crippen LogP) is 2.16. The van der Waals surface area contributed by atoms with Crippen molar-refractivity contribution >= 4 is 22.1 Å². The lowest BCUT2D eigenvalue weighted by molar-refractivity contribution is -0.191. The fourth-order valence-electron chi connectivity index (χ4n) is 3.93. The van der Waals surface area contributed by atoms with Crippen molar-refractivity contribution in [1.82, 2.24) is 0 Å². The van der Waals surface area contributed by atoms with Crippen LogP contribution in [0.2, 0.25) is 0 Å². The van der Waals surface area contributed by atoms with Crippen LogP contribution in [0.15, 0.2) is 0 Å². The van der Waals surface area contributed by atoms with Gasteiger partial charge in [0.1, 0.15) is 5.60 Å². The molecule has 4 atom stereocenters. The zero-order valence-corrected chi connectivity index (χ0v) is 14.9. The van der Waals surface area contributed by atoms with Crippen LogP contribution in [0.25, 0.3) is 0 Å². The van der Waals surface area contributed by atoms with E-state index in [2.05, 4.69) is 4.74 Å². The lowest BCUT2D eigenvalue weighted by atomic mass is 9.60. The Morgan fingerprint density at radius 1 is 1.28 bits per heavy atom. The van der Waals surface area contributed by atoms with E-state index < -0.39 is 39.5 Å². The van der Waals surface area contributed by atoms with Gasteiger partial charge in [0.2, 0.25) is 0 Å². The zero-order valence-electron chi connectivity index (χ0n) is 14.0. The smallest absolute Gasteiger partial charge is 0.456 e. The summed E-state index contributed by atoms with van der Waals surface area (Å²) in [6, 6.07) is 0. The molecule has 0 aliphatic heterocycles. The van der Waals surface area contributed by atoms with E-state index >= 15 is 0 Å². The summed E-state index contributed by atoms with van der Waals surface area (Å²) in [6.45, 7) is 2.59. The number of carbonyl (C=O) groups excluding carboxylic acids is 2. The standard InChI is InChI=1S/C15H22F2O7S/c1-9-6-10-4-3-5-11(7-10)14(9,2)24-12(18)8-23-13(19)15(16,17)25(20,21)22/h9-11H,3-8H2,1-2H3,(H,20,21,22). The highest BCUT2D eigenvalue weighted by molar-refractivity contribution is 7.87. The Kier molecular flexibility index (Phi) is 5.44. The van der Waals surface area contributed by atoms with Crippen LogP contribution >= 0.6 is 0 Å². The topological polar surface area (TPSA) is 107 Å². The second-order valence-corrected chi connectivity index (χ2v) is 8.56. The third-order valence-electron chi connectivity index (χ3n) is 5.48. The molecule has 7 nitrogen and oxygen atoms in total. The molecule has 0 spiro atoms. The molecule has 0 aromatic carbocycles. The second kappa shape index (κ2) is 6.79. The normalized spacial score (nSPS) is 32.8. The van der Waals surface area contributed by atoms with Crippen molar-refractivity contribution in [2.45, 2.75) is 56.8 Å². The molecule has 0 radical (unpaired) electrons. The van der Waals surface area contributed by atoms with Crippen LogP contribution in [0.5, 0.6) is 0 Å². The van der Waals surface area contributed by atoms with Gasteiger partial charge >= 0.3 is 27.3 Å². The number of hydrogen-bond acceptors (Lipinski definition) is 6. The Bertz CT molecular complexity index is 646. The van der Waals surface area contributed by atoms with Crippen molar-refractivity contribution in [2.75, 3.05) is 6.61 Å². The maximum atomic E-state index is 13.1. The first-order valence-electron chi connectivity index (χ1n) is 8.12. The molecule has 2 aliphatic carbocycles. The number of fused-ring (bicyclic) bond motifs is 2. The number of ether oxygens (including phenoxy) is 2. The van der Waals surface area contributed by atoms with Crippen molar-refractivity contribution in [3.8, 4) is 0 Å². The molecule has 1 N–H and O–H groups in total. The van der Waals surface area contributed by atoms with Gasteiger partial charge in [0.15, 0.2) is 6.61 Å². The van der Waals surface area contributed by atoms with Gasteiger partial charge < -0.3 is 9.47 Å². The van der Waals surface area contributed by atoms with E-state index in [1.807, 2.05) is 6.92 Å². The number of alkyl halides is 2. The van der Waals surface area contributed by atoms with E-state index in [4.69, 9.17) is 9.29 Å². The van der Waals surface area contributed by atoms with Gasteiger partial charge in [-0.05, 0) is 43.9 Å². The highest BCUT2D eigenvalue weighted by atomic mass is 32.2. The summed E-state index contributed by atoms with van der Waals surface area (Å²) in [4.78, 5) is 23.1. The molecule has 0 aromatic rings. The molecule has 0 amide bonds. The minimum atomic E-state index is -5.97. The first kappa shape index (κ1) is 20.0. The minimum absolute atomic E-state index is 0.0652. The van der Waals surface area contributed by atoms with Gasteiger partial charge in [-0.25, -0.2) is 9.59 Å². The van der Waals surface area contributed by atoms with Crippen molar-refractivity contribution in [3.63, 3.8) is 0 Å². The summed E-state index contributed by atoms with van der Waals surface area (Å²) < 4.78 is 64.9. The van der Waals surface area contributed by atoms with Crippen LogP contribution in [0.3, 0.4) is 0 Å². The summed E-state index contributed by atoms with van der Waals surface area (Å²) in [7, 11) is -5.97. The number of rotatable bonds is 5. The fraction of sp³-hybridized carbons (Fsp3) is 0.867. The molecule has 4 unspecified atom stereocenters.